The van der Waals surface area contributed by atoms with E-state index < -0.39 is 23.8 Å². The minimum absolute atomic E-state index is 0.322. The second-order valence-corrected chi connectivity index (χ2v) is 7.14. The van der Waals surface area contributed by atoms with Gasteiger partial charge in [-0.2, -0.15) is 0 Å². The van der Waals surface area contributed by atoms with Crippen molar-refractivity contribution in [3.63, 3.8) is 0 Å². The molecule has 1 aliphatic heterocycles. The van der Waals surface area contributed by atoms with Gasteiger partial charge in [-0.15, -0.1) is 0 Å². The van der Waals surface area contributed by atoms with Gasteiger partial charge in [0.1, 0.15) is 6.54 Å². The molecule has 0 aromatic heterocycles. The number of rotatable bonds is 5. The fourth-order valence-electron chi connectivity index (χ4n) is 3.39. The molecule has 0 bridgehead atoms. The molecule has 3 aromatic carbocycles. The van der Waals surface area contributed by atoms with Crippen molar-refractivity contribution in [1.29, 1.82) is 0 Å². The van der Waals surface area contributed by atoms with Gasteiger partial charge in [0.15, 0.2) is 0 Å². The van der Waals surface area contributed by atoms with E-state index in [1.165, 1.54) is 0 Å². The Kier molecular flexibility index (Phi) is 5.14. The van der Waals surface area contributed by atoms with Gasteiger partial charge >= 0.3 is 0 Å². The number of imide groups is 1. The number of benzene rings is 3. The van der Waals surface area contributed by atoms with E-state index in [-0.39, 0.29) is 6.54 Å². The van der Waals surface area contributed by atoms with Crippen LogP contribution in [-0.2, 0) is 4.79 Å². The van der Waals surface area contributed by atoms with Gasteiger partial charge in [-0.25, -0.2) is 0 Å². The molecule has 0 radical (unpaired) electrons. The van der Waals surface area contributed by atoms with Crippen molar-refractivity contribution in [3.8, 4) is 0 Å². The molecule has 0 aliphatic carbocycles. The van der Waals surface area contributed by atoms with E-state index in [1.807, 2.05) is 42.5 Å². The van der Waals surface area contributed by atoms with E-state index >= 15 is 0 Å². The maximum absolute atomic E-state index is 12.8. The third kappa shape index (κ3) is 3.77. The summed E-state index contributed by atoms with van der Waals surface area (Å²) in [6, 6.07) is 22.8. The van der Waals surface area contributed by atoms with Crippen LogP contribution in [0.1, 0.15) is 37.9 Å². The number of amides is 3. The van der Waals surface area contributed by atoms with Crippen LogP contribution in [0.5, 0.6) is 0 Å². The summed E-state index contributed by atoms with van der Waals surface area (Å²) in [6.07, 6.45) is 0. The lowest BCUT2D eigenvalue weighted by Gasteiger charge is -2.21. The van der Waals surface area contributed by atoms with Crippen molar-refractivity contribution in [2.45, 2.75) is 6.04 Å². The Bertz CT molecular complexity index is 1050. The summed E-state index contributed by atoms with van der Waals surface area (Å²) < 4.78 is 0. The maximum Gasteiger partial charge on any atom is 0.262 e. The largest absolute Gasteiger partial charge is 0.344 e. The smallest absolute Gasteiger partial charge is 0.262 e. The number of hydrogen-bond donors (Lipinski definition) is 1. The van der Waals surface area contributed by atoms with Crippen molar-refractivity contribution in [2.24, 2.45) is 0 Å². The Morgan fingerprint density at radius 2 is 1.31 bits per heavy atom. The lowest BCUT2D eigenvalue weighted by molar-refractivity contribution is -0.121. The molecule has 0 saturated carbocycles. The average Bonchev–Trinajstić information content (AvgIpc) is 2.98. The highest BCUT2D eigenvalue weighted by Gasteiger charge is 2.36. The Hall–Kier alpha value is -3.44. The number of hydrogen-bond acceptors (Lipinski definition) is 3. The van der Waals surface area contributed by atoms with Crippen LogP contribution in [0.3, 0.4) is 0 Å². The standard InChI is InChI=1S/C23H17ClN2O3/c24-17-12-10-16(11-13-17)21(15-6-2-1-3-7-15)25-20(27)14-26-22(28)18-8-4-5-9-19(18)23(26)29/h1-13,21H,14H2,(H,25,27). The van der Waals surface area contributed by atoms with Gasteiger partial charge < -0.3 is 5.32 Å². The molecular weight excluding hydrogens is 388 g/mol. The zero-order valence-electron chi connectivity index (χ0n) is 15.3. The first-order valence-electron chi connectivity index (χ1n) is 9.09. The number of fused-ring (bicyclic) bond motifs is 1. The molecule has 0 spiro atoms. The normalized spacial score (nSPS) is 13.9. The molecule has 1 unspecified atom stereocenters. The number of carbonyl (C=O) groups excluding carboxylic acids is 3. The number of nitrogens with zero attached hydrogens (tertiary/aromatic N) is 1. The highest BCUT2D eigenvalue weighted by molar-refractivity contribution is 6.30. The van der Waals surface area contributed by atoms with E-state index in [1.54, 1.807) is 36.4 Å². The molecule has 144 valence electrons. The molecule has 1 heterocycles. The molecule has 5 nitrogen and oxygen atoms in total. The molecule has 3 aromatic rings. The van der Waals surface area contributed by atoms with Gasteiger partial charge in [-0.3, -0.25) is 19.3 Å². The second kappa shape index (κ2) is 7.89. The summed E-state index contributed by atoms with van der Waals surface area (Å²) in [5, 5.41) is 3.53. The molecule has 0 saturated heterocycles. The number of carbonyl (C=O) groups is 3. The molecule has 4 rings (SSSR count). The molecular formula is C23H17ClN2O3. The fourth-order valence-corrected chi connectivity index (χ4v) is 3.52. The zero-order chi connectivity index (χ0) is 20.4. The second-order valence-electron chi connectivity index (χ2n) is 6.70. The summed E-state index contributed by atoms with van der Waals surface area (Å²) in [4.78, 5) is 38.8. The highest BCUT2D eigenvalue weighted by atomic mass is 35.5. The summed E-state index contributed by atoms with van der Waals surface area (Å²) >= 11 is 5.99. The predicted molar refractivity (Wildman–Crippen MR) is 110 cm³/mol. The molecule has 1 atom stereocenters. The van der Waals surface area contributed by atoms with Crippen LogP contribution in [-0.4, -0.2) is 29.2 Å². The summed E-state index contributed by atoms with van der Waals surface area (Å²) in [5.74, 6) is -1.34. The summed E-state index contributed by atoms with van der Waals surface area (Å²) in [5.41, 5.74) is 2.37. The van der Waals surface area contributed by atoms with Crippen molar-refractivity contribution in [3.05, 3.63) is 106 Å². The third-order valence-electron chi connectivity index (χ3n) is 4.82. The Morgan fingerprint density at radius 3 is 1.90 bits per heavy atom. The lowest BCUT2D eigenvalue weighted by atomic mass is 9.98. The number of nitrogens with one attached hydrogen (secondary N) is 1. The molecule has 1 aliphatic rings. The fraction of sp³-hybridized carbons (Fsp3) is 0.0870. The van der Waals surface area contributed by atoms with Gasteiger partial charge in [-0.1, -0.05) is 66.2 Å². The monoisotopic (exact) mass is 404 g/mol. The highest BCUT2D eigenvalue weighted by Crippen LogP contribution is 2.25. The molecule has 6 heteroatoms. The van der Waals surface area contributed by atoms with Gasteiger partial charge in [0.05, 0.1) is 17.2 Å². The first-order chi connectivity index (χ1) is 14.0. The van der Waals surface area contributed by atoms with Crippen molar-refractivity contribution in [1.82, 2.24) is 10.2 Å². The number of halogens is 1. The third-order valence-corrected chi connectivity index (χ3v) is 5.07. The minimum atomic E-state index is -0.455. The first kappa shape index (κ1) is 18.9. The van der Waals surface area contributed by atoms with E-state index in [2.05, 4.69) is 5.32 Å². The maximum atomic E-state index is 12.8. The van der Waals surface area contributed by atoms with E-state index in [4.69, 9.17) is 11.6 Å². The predicted octanol–water partition coefficient (Wildman–Crippen LogP) is 3.84. The molecule has 1 N–H and O–H groups in total. The van der Waals surface area contributed by atoms with Crippen LogP contribution in [0.4, 0.5) is 0 Å². The lowest BCUT2D eigenvalue weighted by Crippen LogP contribution is -2.41. The van der Waals surface area contributed by atoms with Crippen LogP contribution in [0.2, 0.25) is 5.02 Å². The summed E-state index contributed by atoms with van der Waals surface area (Å²) in [6.45, 7) is -0.344. The van der Waals surface area contributed by atoms with Crippen molar-refractivity contribution < 1.29 is 14.4 Å². The molecule has 0 fully saturated rings. The van der Waals surface area contributed by atoms with Crippen LogP contribution in [0, 0.1) is 0 Å². The van der Waals surface area contributed by atoms with Gasteiger partial charge in [0, 0.05) is 5.02 Å². The van der Waals surface area contributed by atoms with Gasteiger partial charge in [-0.05, 0) is 35.4 Å². The van der Waals surface area contributed by atoms with E-state index in [9.17, 15) is 14.4 Å². The van der Waals surface area contributed by atoms with Crippen LogP contribution in [0.25, 0.3) is 0 Å². The quantitative estimate of drug-likeness (QED) is 0.657. The van der Waals surface area contributed by atoms with Gasteiger partial charge in [0.2, 0.25) is 5.91 Å². The van der Waals surface area contributed by atoms with E-state index in [0.717, 1.165) is 16.0 Å². The van der Waals surface area contributed by atoms with Crippen LogP contribution in [0.15, 0.2) is 78.9 Å². The van der Waals surface area contributed by atoms with Crippen molar-refractivity contribution >= 4 is 29.3 Å². The first-order valence-corrected chi connectivity index (χ1v) is 9.47. The van der Waals surface area contributed by atoms with Gasteiger partial charge in [0.25, 0.3) is 11.8 Å². The average molecular weight is 405 g/mol. The topological polar surface area (TPSA) is 66.5 Å². The molecule has 3 amide bonds. The van der Waals surface area contributed by atoms with Crippen molar-refractivity contribution in [2.75, 3.05) is 6.54 Å². The van der Waals surface area contributed by atoms with E-state index in [0.29, 0.717) is 16.1 Å². The van der Waals surface area contributed by atoms with Crippen LogP contribution < -0.4 is 5.32 Å². The minimum Gasteiger partial charge on any atom is -0.344 e. The zero-order valence-corrected chi connectivity index (χ0v) is 16.1. The Balaban J connectivity index is 1.56. The Labute approximate surface area is 172 Å². The molecule has 29 heavy (non-hydrogen) atoms. The Morgan fingerprint density at radius 1 is 0.793 bits per heavy atom. The SMILES string of the molecule is O=C(CN1C(=O)c2ccccc2C1=O)NC(c1ccccc1)c1ccc(Cl)cc1. The van der Waals surface area contributed by atoms with Crippen LogP contribution >= 0.6 is 11.6 Å². The summed E-state index contributed by atoms with van der Waals surface area (Å²) in [7, 11) is 0.